The van der Waals surface area contributed by atoms with Crippen LogP contribution in [0.15, 0.2) is 41.4 Å². The molecule has 1 aromatic rings. The van der Waals surface area contributed by atoms with Gasteiger partial charge in [-0.05, 0) is 29.2 Å². The minimum absolute atomic E-state index is 0.227. The van der Waals surface area contributed by atoms with Crippen molar-refractivity contribution in [3.8, 4) is 0 Å². The van der Waals surface area contributed by atoms with Gasteiger partial charge in [0.05, 0.1) is 0 Å². The van der Waals surface area contributed by atoms with E-state index < -0.39 is 18.9 Å². The van der Waals surface area contributed by atoms with Gasteiger partial charge in [0.2, 0.25) is 0 Å². The Morgan fingerprint density at radius 2 is 1.86 bits per heavy atom. The highest BCUT2D eigenvalue weighted by Crippen LogP contribution is 2.34. The van der Waals surface area contributed by atoms with Gasteiger partial charge in [0.25, 0.3) is 0 Å². The molecular weight excluding hydrogens is 313 g/mol. The van der Waals surface area contributed by atoms with Crippen LogP contribution in [0.4, 0.5) is 13.2 Å². The van der Waals surface area contributed by atoms with Crippen molar-refractivity contribution in [3.05, 3.63) is 58.7 Å². The Labute approximate surface area is 133 Å². The Bertz CT molecular complexity index is 558. The zero-order valence-electron chi connectivity index (χ0n) is 12.3. The van der Waals surface area contributed by atoms with Crippen molar-refractivity contribution in [2.45, 2.75) is 38.0 Å². The Morgan fingerprint density at radius 1 is 1.23 bits per heavy atom. The lowest BCUT2D eigenvalue weighted by atomic mass is 9.88. The van der Waals surface area contributed by atoms with Crippen molar-refractivity contribution >= 4 is 11.6 Å². The Balaban J connectivity index is 2.19. The molecule has 2 rings (SSSR count). The SMILES string of the molecule is CC(C)c1ccc(C2C=[C]C=C(Cl)C2OCC(F)(F)F)cc1. The average molecular weight is 330 g/mol. The number of alkyl halides is 3. The molecule has 0 heterocycles. The Kier molecular flexibility index (Phi) is 5.35. The number of rotatable bonds is 4. The monoisotopic (exact) mass is 329 g/mol. The smallest absolute Gasteiger partial charge is 0.362 e. The number of benzene rings is 1. The highest BCUT2D eigenvalue weighted by Gasteiger charge is 2.33. The van der Waals surface area contributed by atoms with Crippen LogP contribution in [-0.4, -0.2) is 18.9 Å². The van der Waals surface area contributed by atoms with Gasteiger partial charge in [-0.1, -0.05) is 55.8 Å². The molecule has 0 aliphatic heterocycles. The zero-order valence-corrected chi connectivity index (χ0v) is 13.1. The van der Waals surface area contributed by atoms with Gasteiger partial charge >= 0.3 is 6.18 Å². The molecule has 2 atom stereocenters. The molecule has 0 N–H and O–H groups in total. The lowest BCUT2D eigenvalue weighted by Crippen LogP contribution is -2.29. The van der Waals surface area contributed by atoms with Gasteiger partial charge in [0.15, 0.2) is 0 Å². The topological polar surface area (TPSA) is 9.23 Å². The molecule has 1 aromatic carbocycles. The second-order valence-corrected chi connectivity index (χ2v) is 5.99. The molecule has 22 heavy (non-hydrogen) atoms. The highest BCUT2D eigenvalue weighted by molar-refractivity contribution is 6.30. The van der Waals surface area contributed by atoms with E-state index in [1.807, 2.05) is 24.3 Å². The van der Waals surface area contributed by atoms with Gasteiger partial charge < -0.3 is 4.74 Å². The molecule has 0 aromatic heterocycles. The summed E-state index contributed by atoms with van der Waals surface area (Å²) in [6.45, 7) is 2.84. The molecule has 0 spiro atoms. The number of allylic oxidation sites excluding steroid dienone is 2. The van der Waals surface area contributed by atoms with Crippen LogP contribution in [0.2, 0.25) is 0 Å². The standard InChI is InChI=1S/C17H17ClF3O/c1-11(2)12-6-8-13(9-7-12)14-4-3-5-15(18)16(14)22-10-17(19,20)21/h4-9,11,14,16H,10H2,1-2H3. The largest absolute Gasteiger partial charge is 0.411 e. The van der Waals surface area contributed by atoms with E-state index in [2.05, 4.69) is 19.9 Å². The van der Waals surface area contributed by atoms with Crippen LogP contribution in [0, 0.1) is 6.08 Å². The van der Waals surface area contributed by atoms with Gasteiger partial charge in [-0.3, -0.25) is 0 Å². The van der Waals surface area contributed by atoms with Crippen LogP contribution in [0.1, 0.15) is 36.8 Å². The van der Waals surface area contributed by atoms with E-state index in [1.165, 1.54) is 11.6 Å². The molecule has 2 unspecified atom stereocenters. The number of ether oxygens (including phenoxy) is 1. The Hall–Kier alpha value is -1.26. The van der Waals surface area contributed by atoms with Crippen LogP contribution in [0.3, 0.4) is 0 Å². The molecule has 1 nitrogen and oxygen atoms in total. The van der Waals surface area contributed by atoms with Crippen LogP contribution in [0.5, 0.6) is 0 Å². The van der Waals surface area contributed by atoms with Crippen molar-refractivity contribution in [1.29, 1.82) is 0 Å². The molecule has 119 valence electrons. The first-order chi connectivity index (χ1) is 10.3. The molecule has 1 aliphatic rings. The first-order valence-corrected chi connectivity index (χ1v) is 7.39. The second kappa shape index (κ2) is 6.88. The lowest BCUT2D eigenvalue weighted by Gasteiger charge is -2.27. The summed E-state index contributed by atoms with van der Waals surface area (Å²) < 4.78 is 42.2. The van der Waals surface area contributed by atoms with E-state index in [0.717, 1.165) is 5.56 Å². The quantitative estimate of drug-likeness (QED) is 0.724. The third kappa shape index (κ3) is 4.37. The molecule has 5 heteroatoms. The van der Waals surface area contributed by atoms with Gasteiger partial charge in [0, 0.05) is 11.0 Å². The third-order valence-corrected chi connectivity index (χ3v) is 3.83. The average Bonchev–Trinajstić information content (AvgIpc) is 2.45. The predicted octanol–water partition coefficient (Wildman–Crippen LogP) is 5.34. The number of halogens is 4. The van der Waals surface area contributed by atoms with E-state index in [1.54, 1.807) is 6.08 Å². The third-order valence-electron chi connectivity index (χ3n) is 3.51. The summed E-state index contributed by atoms with van der Waals surface area (Å²) in [7, 11) is 0. The zero-order chi connectivity index (χ0) is 16.3. The summed E-state index contributed by atoms with van der Waals surface area (Å²) in [5.41, 5.74) is 2.03. The van der Waals surface area contributed by atoms with Crippen LogP contribution < -0.4 is 0 Å². The predicted molar refractivity (Wildman–Crippen MR) is 80.8 cm³/mol. The summed E-state index contributed by atoms with van der Waals surface area (Å²) in [6, 6.07) is 7.75. The molecule has 0 bridgehead atoms. The summed E-state index contributed by atoms with van der Waals surface area (Å²) in [5, 5.41) is 0.227. The normalized spacial score (nSPS) is 22.0. The maximum Gasteiger partial charge on any atom is 0.411 e. The summed E-state index contributed by atoms with van der Waals surface area (Å²) >= 11 is 6.02. The molecule has 0 amide bonds. The van der Waals surface area contributed by atoms with E-state index in [0.29, 0.717) is 5.92 Å². The van der Waals surface area contributed by atoms with E-state index in [4.69, 9.17) is 16.3 Å². The lowest BCUT2D eigenvalue weighted by molar-refractivity contribution is -0.182. The van der Waals surface area contributed by atoms with Gasteiger partial charge in [-0.2, -0.15) is 13.2 Å². The molecule has 0 fully saturated rings. The van der Waals surface area contributed by atoms with Gasteiger partial charge in [-0.25, -0.2) is 0 Å². The van der Waals surface area contributed by atoms with Crippen LogP contribution >= 0.6 is 11.6 Å². The van der Waals surface area contributed by atoms with Crippen molar-refractivity contribution in [3.63, 3.8) is 0 Å². The second-order valence-electron chi connectivity index (χ2n) is 5.56. The van der Waals surface area contributed by atoms with Crippen molar-refractivity contribution in [1.82, 2.24) is 0 Å². The fourth-order valence-corrected chi connectivity index (χ4v) is 2.58. The maximum absolute atomic E-state index is 12.4. The molecule has 1 aliphatic carbocycles. The van der Waals surface area contributed by atoms with Crippen molar-refractivity contribution < 1.29 is 17.9 Å². The molecule has 1 radical (unpaired) electrons. The first kappa shape index (κ1) is 17.1. The summed E-state index contributed by atoms with van der Waals surface area (Å²) in [5.74, 6) is 0.0179. The van der Waals surface area contributed by atoms with Gasteiger partial charge in [-0.15, -0.1) is 0 Å². The van der Waals surface area contributed by atoms with E-state index >= 15 is 0 Å². The maximum atomic E-state index is 12.4. The van der Waals surface area contributed by atoms with E-state index in [9.17, 15) is 13.2 Å². The van der Waals surface area contributed by atoms with Crippen LogP contribution in [-0.2, 0) is 4.74 Å². The fourth-order valence-electron chi connectivity index (χ4n) is 2.31. The van der Waals surface area contributed by atoms with Crippen molar-refractivity contribution in [2.75, 3.05) is 6.61 Å². The minimum atomic E-state index is -4.38. The van der Waals surface area contributed by atoms with E-state index in [-0.39, 0.29) is 11.0 Å². The number of hydrogen-bond donors (Lipinski definition) is 0. The first-order valence-electron chi connectivity index (χ1n) is 7.01. The minimum Gasteiger partial charge on any atom is -0.362 e. The number of hydrogen-bond acceptors (Lipinski definition) is 1. The molecule has 0 saturated carbocycles. The van der Waals surface area contributed by atoms with Gasteiger partial charge in [0.1, 0.15) is 12.7 Å². The summed E-state index contributed by atoms with van der Waals surface area (Å²) in [6.07, 6.45) is 0.786. The summed E-state index contributed by atoms with van der Waals surface area (Å²) in [4.78, 5) is 0. The van der Waals surface area contributed by atoms with Crippen LogP contribution in [0.25, 0.3) is 0 Å². The highest BCUT2D eigenvalue weighted by atomic mass is 35.5. The molecule has 0 saturated heterocycles. The fraction of sp³-hybridized carbons (Fsp3) is 0.412. The Morgan fingerprint density at radius 3 is 2.41 bits per heavy atom. The van der Waals surface area contributed by atoms with Crippen molar-refractivity contribution in [2.24, 2.45) is 0 Å². The molecular formula is C17H17ClF3O.